The molecule has 1 aromatic carbocycles. The van der Waals surface area contributed by atoms with Crippen LogP contribution in [0.15, 0.2) is 36.7 Å². The van der Waals surface area contributed by atoms with Gasteiger partial charge >= 0.3 is 0 Å². The van der Waals surface area contributed by atoms with E-state index in [4.69, 9.17) is 27.9 Å². The average molecular weight is 377 g/mol. The van der Waals surface area contributed by atoms with Gasteiger partial charge < -0.3 is 15.4 Å². The maximum Gasteiger partial charge on any atom is 0.259 e. The van der Waals surface area contributed by atoms with Crippen LogP contribution in [-0.4, -0.2) is 30.0 Å². The van der Waals surface area contributed by atoms with Crippen LogP contribution in [0.25, 0.3) is 10.9 Å². The summed E-state index contributed by atoms with van der Waals surface area (Å²) in [6.45, 7) is 0. The summed E-state index contributed by atoms with van der Waals surface area (Å²) in [7, 11) is 3.26. The second-order valence-electron chi connectivity index (χ2n) is 5.10. The Morgan fingerprint density at radius 3 is 2.56 bits per heavy atom. The molecule has 3 rings (SSSR count). The molecule has 0 saturated carbocycles. The first-order valence-corrected chi connectivity index (χ1v) is 8.06. The van der Waals surface area contributed by atoms with E-state index in [1.165, 1.54) is 12.4 Å². The van der Waals surface area contributed by atoms with E-state index in [2.05, 4.69) is 20.6 Å². The van der Waals surface area contributed by atoms with E-state index in [0.717, 1.165) is 5.39 Å². The highest BCUT2D eigenvalue weighted by atomic mass is 35.5. The fourth-order valence-corrected chi connectivity index (χ4v) is 2.87. The molecule has 0 aliphatic rings. The fourth-order valence-electron chi connectivity index (χ4n) is 2.41. The number of para-hydroxylation sites is 1. The topological polar surface area (TPSA) is 76.1 Å². The van der Waals surface area contributed by atoms with Gasteiger partial charge in [-0.25, -0.2) is 4.98 Å². The molecule has 2 heterocycles. The van der Waals surface area contributed by atoms with Crippen molar-refractivity contribution in [1.82, 2.24) is 9.97 Å². The van der Waals surface area contributed by atoms with Crippen LogP contribution in [0.1, 0.15) is 10.4 Å². The van der Waals surface area contributed by atoms with Gasteiger partial charge in [0.1, 0.15) is 17.1 Å². The lowest BCUT2D eigenvalue weighted by Crippen LogP contribution is -2.15. The molecule has 25 heavy (non-hydrogen) atoms. The van der Waals surface area contributed by atoms with Gasteiger partial charge in [-0.1, -0.05) is 35.3 Å². The Morgan fingerprint density at radius 2 is 1.92 bits per heavy atom. The number of aromatic nitrogens is 2. The number of halogens is 2. The number of hydrogen-bond acceptors (Lipinski definition) is 5. The van der Waals surface area contributed by atoms with E-state index in [-0.39, 0.29) is 10.0 Å². The predicted octanol–water partition coefficient (Wildman–Crippen LogP) is 4.24. The zero-order valence-electron chi connectivity index (χ0n) is 13.4. The number of rotatable bonds is 4. The first kappa shape index (κ1) is 17.3. The molecule has 2 aromatic heterocycles. The lowest BCUT2D eigenvalue weighted by molar-refractivity contribution is 0.102. The summed E-state index contributed by atoms with van der Waals surface area (Å²) in [5.74, 6) is 0.647. The number of ether oxygens (including phenoxy) is 1. The molecule has 0 bridgehead atoms. The van der Waals surface area contributed by atoms with Crippen LogP contribution in [0.5, 0.6) is 5.75 Å². The Bertz CT molecular complexity index is 943. The maximum atomic E-state index is 12.7. The second kappa shape index (κ2) is 7.13. The van der Waals surface area contributed by atoms with E-state index in [1.807, 2.05) is 18.2 Å². The molecule has 8 heteroatoms. The molecule has 2 N–H and O–H groups in total. The molecule has 1 amide bonds. The number of nitrogens with zero attached hydrogens (tertiary/aromatic N) is 2. The lowest BCUT2D eigenvalue weighted by Gasteiger charge is -2.13. The molecule has 0 aliphatic carbocycles. The Morgan fingerprint density at radius 1 is 1.20 bits per heavy atom. The Hall–Kier alpha value is -2.57. The van der Waals surface area contributed by atoms with Crippen molar-refractivity contribution in [3.63, 3.8) is 0 Å². The van der Waals surface area contributed by atoms with Gasteiger partial charge in [-0.05, 0) is 12.1 Å². The van der Waals surface area contributed by atoms with Gasteiger partial charge in [0, 0.05) is 24.8 Å². The summed E-state index contributed by atoms with van der Waals surface area (Å²) < 4.78 is 5.32. The summed E-state index contributed by atoms with van der Waals surface area (Å²) in [5, 5.41) is 6.92. The smallest absolute Gasteiger partial charge is 0.259 e. The maximum absolute atomic E-state index is 12.7. The van der Waals surface area contributed by atoms with Crippen LogP contribution in [-0.2, 0) is 0 Å². The second-order valence-corrected chi connectivity index (χ2v) is 5.91. The molecule has 0 saturated heterocycles. The molecular formula is C17H14Cl2N4O2. The van der Waals surface area contributed by atoms with Gasteiger partial charge in [0.05, 0.1) is 28.4 Å². The van der Waals surface area contributed by atoms with Crippen molar-refractivity contribution in [2.45, 2.75) is 0 Å². The van der Waals surface area contributed by atoms with Crippen molar-refractivity contribution >= 4 is 51.5 Å². The highest BCUT2D eigenvalue weighted by Crippen LogP contribution is 2.31. The van der Waals surface area contributed by atoms with Crippen LogP contribution in [0.4, 0.5) is 11.5 Å². The number of carbonyl (C=O) groups excluding carboxylic acids is 1. The van der Waals surface area contributed by atoms with E-state index in [1.54, 1.807) is 20.2 Å². The zero-order chi connectivity index (χ0) is 18.0. The molecule has 0 fully saturated rings. The number of benzene rings is 1. The van der Waals surface area contributed by atoms with E-state index in [0.29, 0.717) is 28.3 Å². The minimum atomic E-state index is -0.392. The van der Waals surface area contributed by atoms with Crippen LogP contribution in [0.2, 0.25) is 10.0 Å². The predicted molar refractivity (Wildman–Crippen MR) is 100 cm³/mol. The molecule has 6 nitrogen and oxygen atoms in total. The molecule has 0 unspecified atom stereocenters. The molecule has 0 spiro atoms. The zero-order valence-corrected chi connectivity index (χ0v) is 14.9. The number of carbonyl (C=O) groups is 1. The normalized spacial score (nSPS) is 10.6. The largest absolute Gasteiger partial charge is 0.494 e. The van der Waals surface area contributed by atoms with Gasteiger partial charge in [-0.15, -0.1) is 0 Å². The van der Waals surface area contributed by atoms with Crippen molar-refractivity contribution < 1.29 is 9.53 Å². The molecule has 3 aromatic rings. The number of fused-ring (bicyclic) bond motifs is 1. The van der Waals surface area contributed by atoms with Crippen LogP contribution >= 0.6 is 23.2 Å². The summed E-state index contributed by atoms with van der Waals surface area (Å²) >= 11 is 12.1. The Balaban J connectivity index is 2.07. The minimum absolute atomic E-state index is 0.252. The standard InChI is InChI=1S/C17H14Cl2N4O2/c1-20-16-10(6-9-4-3-5-13(25-2)14(9)22-16)17(24)23-15-11(18)7-21-8-12(15)19/h3-8H,1-2H3,(H,20,22)(H,21,23,24). The summed E-state index contributed by atoms with van der Waals surface area (Å²) in [5.41, 5.74) is 1.31. The number of methoxy groups -OCH3 is 1. The van der Waals surface area contributed by atoms with Gasteiger partial charge in [-0.3, -0.25) is 9.78 Å². The summed E-state index contributed by atoms with van der Waals surface area (Å²) in [4.78, 5) is 21.1. The van der Waals surface area contributed by atoms with Gasteiger partial charge in [-0.2, -0.15) is 0 Å². The number of anilines is 2. The van der Waals surface area contributed by atoms with Crippen molar-refractivity contribution in [3.8, 4) is 5.75 Å². The average Bonchev–Trinajstić information content (AvgIpc) is 2.62. The van der Waals surface area contributed by atoms with Crippen LogP contribution < -0.4 is 15.4 Å². The molecule has 0 atom stereocenters. The third kappa shape index (κ3) is 3.31. The first-order valence-electron chi connectivity index (χ1n) is 7.31. The van der Waals surface area contributed by atoms with Crippen molar-refractivity contribution in [1.29, 1.82) is 0 Å². The Kier molecular flexibility index (Phi) is 4.92. The number of amides is 1. The van der Waals surface area contributed by atoms with Gasteiger partial charge in [0.15, 0.2) is 0 Å². The third-order valence-electron chi connectivity index (χ3n) is 3.60. The highest BCUT2D eigenvalue weighted by molar-refractivity contribution is 6.39. The van der Waals surface area contributed by atoms with Crippen LogP contribution in [0, 0.1) is 0 Å². The van der Waals surface area contributed by atoms with E-state index >= 15 is 0 Å². The monoisotopic (exact) mass is 376 g/mol. The molecular weight excluding hydrogens is 363 g/mol. The molecule has 0 aliphatic heterocycles. The quantitative estimate of drug-likeness (QED) is 0.711. The fraction of sp³-hybridized carbons (Fsp3) is 0.118. The Labute approximate surface area is 154 Å². The van der Waals surface area contributed by atoms with Crippen molar-refractivity contribution in [2.24, 2.45) is 0 Å². The minimum Gasteiger partial charge on any atom is -0.494 e. The summed E-state index contributed by atoms with van der Waals surface area (Å²) in [6, 6.07) is 7.23. The third-order valence-corrected chi connectivity index (χ3v) is 4.18. The van der Waals surface area contributed by atoms with Gasteiger partial charge in [0.25, 0.3) is 5.91 Å². The van der Waals surface area contributed by atoms with Crippen molar-refractivity contribution in [2.75, 3.05) is 24.8 Å². The number of hydrogen-bond donors (Lipinski definition) is 2. The number of nitrogens with one attached hydrogen (secondary N) is 2. The van der Waals surface area contributed by atoms with E-state index < -0.39 is 5.91 Å². The van der Waals surface area contributed by atoms with E-state index in [9.17, 15) is 4.79 Å². The number of pyridine rings is 2. The first-order chi connectivity index (χ1) is 12.0. The van der Waals surface area contributed by atoms with Crippen LogP contribution in [0.3, 0.4) is 0 Å². The summed E-state index contributed by atoms with van der Waals surface area (Å²) in [6.07, 6.45) is 2.82. The van der Waals surface area contributed by atoms with Crippen molar-refractivity contribution in [3.05, 3.63) is 52.3 Å². The molecule has 128 valence electrons. The highest BCUT2D eigenvalue weighted by Gasteiger charge is 2.18. The van der Waals surface area contributed by atoms with Gasteiger partial charge in [0.2, 0.25) is 0 Å². The SMILES string of the molecule is CNc1nc2c(OC)cccc2cc1C(=O)Nc1c(Cl)cncc1Cl. The molecule has 0 radical (unpaired) electrons. The lowest BCUT2D eigenvalue weighted by atomic mass is 10.1.